The van der Waals surface area contributed by atoms with E-state index in [1.807, 2.05) is 0 Å². The Bertz CT molecular complexity index is 240. The summed E-state index contributed by atoms with van der Waals surface area (Å²) in [6.45, 7) is 5.12. The zero-order chi connectivity index (χ0) is 13.0. The first-order valence-electron chi connectivity index (χ1n) is 8.00. The molecule has 2 nitrogen and oxygen atoms in total. The predicted octanol–water partition coefficient (Wildman–Crippen LogP) is 3.91. The van der Waals surface area contributed by atoms with Gasteiger partial charge in [-0.3, -0.25) is 0 Å². The first kappa shape index (κ1) is 14.3. The molecule has 0 spiro atoms. The van der Waals surface area contributed by atoms with Gasteiger partial charge in [-0.2, -0.15) is 0 Å². The van der Waals surface area contributed by atoms with Gasteiger partial charge in [0.15, 0.2) is 0 Å². The highest BCUT2D eigenvalue weighted by Gasteiger charge is 2.44. The lowest BCUT2D eigenvalue weighted by Crippen LogP contribution is -2.51. The van der Waals surface area contributed by atoms with E-state index in [0.717, 1.165) is 25.4 Å². The summed E-state index contributed by atoms with van der Waals surface area (Å²) in [6, 6.07) is 0. The zero-order valence-electron chi connectivity index (χ0n) is 12.2. The number of hydrogen-bond acceptors (Lipinski definition) is 2. The molecule has 2 heteroatoms. The Kier molecular flexibility index (Phi) is 5.08. The van der Waals surface area contributed by atoms with Crippen LogP contribution in [0.4, 0.5) is 0 Å². The Balaban J connectivity index is 2.04. The van der Waals surface area contributed by atoms with E-state index >= 15 is 0 Å². The van der Waals surface area contributed by atoms with Gasteiger partial charge in [-0.1, -0.05) is 39.0 Å². The van der Waals surface area contributed by atoms with Crippen molar-refractivity contribution in [3.8, 4) is 0 Å². The van der Waals surface area contributed by atoms with E-state index in [1.165, 1.54) is 44.9 Å². The van der Waals surface area contributed by atoms with Crippen LogP contribution in [0.3, 0.4) is 0 Å². The quantitative estimate of drug-likeness (QED) is 0.824. The summed E-state index contributed by atoms with van der Waals surface area (Å²) >= 11 is 0. The standard InChI is InChI=1S/C16H30O2/c1-3-18-16(10-5-4-6-11-16)15(17)14-9-7-8-13(2)12-14/h13-15,17H,3-12H2,1-2H3. The molecule has 0 saturated heterocycles. The van der Waals surface area contributed by atoms with E-state index in [-0.39, 0.29) is 11.7 Å². The minimum atomic E-state index is -0.236. The molecule has 0 radical (unpaired) electrons. The SMILES string of the molecule is CCOC1(C(O)C2CCCC(C)C2)CCCCC1. The fourth-order valence-electron chi connectivity index (χ4n) is 4.16. The third-order valence-corrected chi connectivity index (χ3v) is 5.09. The lowest BCUT2D eigenvalue weighted by atomic mass is 9.70. The minimum Gasteiger partial charge on any atom is -0.390 e. The predicted molar refractivity (Wildman–Crippen MR) is 74.6 cm³/mol. The van der Waals surface area contributed by atoms with Gasteiger partial charge in [0.1, 0.15) is 0 Å². The van der Waals surface area contributed by atoms with Crippen molar-refractivity contribution in [3.05, 3.63) is 0 Å². The number of aliphatic hydroxyl groups excluding tert-OH is 1. The highest BCUT2D eigenvalue weighted by molar-refractivity contribution is 4.95. The van der Waals surface area contributed by atoms with Crippen LogP contribution in [0.5, 0.6) is 0 Å². The van der Waals surface area contributed by atoms with Crippen LogP contribution in [0.15, 0.2) is 0 Å². The van der Waals surface area contributed by atoms with Crippen molar-refractivity contribution >= 4 is 0 Å². The zero-order valence-corrected chi connectivity index (χ0v) is 12.2. The monoisotopic (exact) mass is 254 g/mol. The largest absolute Gasteiger partial charge is 0.390 e. The van der Waals surface area contributed by atoms with Crippen LogP contribution in [0.25, 0.3) is 0 Å². The van der Waals surface area contributed by atoms with Crippen LogP contribution < -0.4 is 0 Å². The fourth-order valence-corrected chi connectivity index (χ4v) is 4.16. The van der Waals surface area contributed by atoms with Crippen molar-refractivity contribution in [3.63, 3.8) is 0 Å². The first-order chi connectivity index (χ1) is 8.68. The second-order valence-electron chi connectivity index (χ2n) is 6.54. The molecule has 2 aliphatic carbocycles. The molecule has 18 heavy (non-hydrogen) atoms. The van der Waals surface area contributed by atoms with Gasteiger partial charge in [-0.25, -0.2) is 0 Å². The third kappa shape index (κ3) is 3.08. The Morgan fingerprint density at radius 1 is 1.17 bits per heavy atom. The maximum Gasteiger partial charge on any atom is 0.0942 e. The molecule has 0 aromatic carbocycles. The summed E-state index contributed by atoms with van der Waals surface area (Å²) in [5.41, 5.74) is -0.214. The summed E-state index contributed by atoms with van der Waals surface area (Å²) in [5.74, 6) is 1.25. The molecule has 1 N–H and O–H groups in total. The van der Waals surface area contributed by atoms with E-state index < -0.39 is 0 Å². The van der Waals surface area contributed by atoms with Gasteiger partial charge >= 0.3 is 0 Å². The smallest absolute Gasteiger partial charge is 0.0942 e. The lowest BCUT2D eigenvalue weighted by Gasteiger charge is -2.45. The van der Waals surface area contributed by atoms with Crippen molar-refractivity contribution in [2.75, 3.05) is 6.61 Å². The topological polar surface area (TPSA) is 29.5 Å². The summed E-state index contributed by atoms with van der Waals surface area (Å²) in [6.07, 6.45) is 10.6. The van der Waals surface area contributed by atoms with Crippen LogP contribution in [-0.2, 0) is 4.74 Å². The molecule has 0 amide bonds. The van der Waals surface area contributed by atoms with Crippen LogP contribution in [-0.4, -0.2) is 23.4 Å². The average Bonchev–Trinajstić information content (AvgIpc) is 2.39. The van der Waals surface area contributed by atoms with Gasteiger partial charge in [0.25, 0.3) is 0 Å². The van der Waals surface area contributed by atoms with Crippen LogP contribution in [0.2, 0.25) is 0 Å². The fraction of sp³-hybridized carbons (Fsp3) is 1.00. The highest BCUT2D eigenvalue weighted by atomic mass is 16.5. The molecule has 2 fully saturated rings. The number of hydrogen-bond donors (Lipinski definition) is 1. The summed E-state index contributed by atoms with van der Waals surface area (Å²) in [7, 11) is 0. The van der Waals surface area contributed by atoms with Crippen LogP contribution >= 0.6 is 0 Å². The van der Waals surface area contributed by atoms with Crippen molar-refractivity contribution in [2.45, 2.75) is 83.3 Å². The van der Waals surface area contributed by atoms with E-state index in [9.17, 15) is 5.11 Å². The normalized spacial score (nSPS) is 34.2. The van der Waals surface area contributed by atoms with E-state index in [4.69, 9.17) is 4.74 Å². The number of aliphatic hydroxyl groups is 1. The Morgan fingerprint density at radius 3 is 2.50 bits per heavy atom. The van der Waals surface area contributed by atoms with Crippen LogP contribution in [0.1, 0.15) is 71.6 Å². The molecular weight excluding hydrogens is 224 g/mol. The second-order valence-corrected chi connectivity index (χ2v) is 6.54. The summed E-state index contributed by atoms with van der Waals surface area (Å²) < 4.78 is 6.07. The van der Waals surface area contributed by atoms with Crippen molar-refractivity contribution in [2.24, 2.45) is 11.8 Å². The molecule has 3 unspecified atom stereocenters. The molecule has 106 valence electrons. The summed E-state index contributed by atoms with van der Waals surface area (Å²) in [4.78, 5) is 0. The second kappa shape index (κ2) is 6.38. The van der Waals surface area contributed by atoms with Gasteiger partial charge in [0.2, 0.25) is 0 Å². The van der Waals surface area contributed by atoms with Gasteiger partial charge < -0.3 is 9.84 Å². The Morgan fingerprint density at radius 2 is 1.89 bits per heavy atom. The molecule has 3 atom stereocenters. The molecule has 0 heterocycles. The van der Waals surface area contributed by atoms with Gasteiger partial charge in [0.05, 0.1) is 11.7 Å². The van der Waals surface area contributed by atoms with Gasteiger partial charge in [-0.15, -0.1) is 0 Å². The molecule has 0 aromatic heterocycles. The maximum atomic E-state index is 10.9. The molecule has 2 saturated carbocycles. The van der Waals surface area contributed by atoms with Crippen LogP contribution in [0, 0.1) is 11.8 Å². The lowest BCUT2D eigenvalue weighted by molar-refractivity contribution is -0.162. The third-order valence-electron chi connectivity index (χ3n) is 5.09. The van der Waals surface area contributed by atoms with Crippen molar-refractivity contribution in [1.82, 2.24) is 0 Å². The molecule has 2 rings (SSSR count). The van der Waals surface area contributed by atoms with E-state index in [2.05, 4.69) is 13.8 Å². The number of rotatable bonds is 4. The van der Waals surface area contributed by atoms with Gasteiger partial charge in [0, 0.05) is 6.61 Å². The number of ether oxygens (including phenoxy) is 1. The summed E-state index contributed by atoms with van der Waals surface area (Å²) in [5, 5.41) is 10.9. The molecule has 0 aromatic rings. The molecular formula is C16H30O2. The molecule has 0 bridgehead atoms. The van der Waals surface area contributed by atoms with E-state index in [0.29, 0.717) is 5.92 Å². The van der Waals surface area contributed by atoms with Crippen molar-refractivity contribution < 1.29 is 9.84 Å². The Hall–Kier alpha value is -0.0800. The van der Waals surface area contributed by atoms with E-state index in [1.54, 1.807) is 0 Å². The highest BCUT2D eigenvalue weighted by Crippen LogP contribution is 2.41. The van der Waals surface area contributed by atoms with Crippen molar-refractivity contribution in [1.29, 1.82) is 0 Å². The molecule has 2 aliphatic rings. The Labute approximate surface area is 112 Å². The average molecular weight is 254 g/mol. The van der Waals surface area contributed by atoms with Gasteiger partial charge in [-0.05, 0) is 44.4 Å². The molecule has 0 aliphatic heterocycles. The maximum absolute atomic E-state index is 10.9. The minimum absolute atomic E-state index is 0.214. The first-order valence-corrected chi connectivity index (χ1v) is 8.00.